The molecule has 0 unspecified atom stereocenters. The van der Waals surface area contributed by atoms with Gasteiger partial charge in [-0.2, -0.15) is 18.3 Å². The lowest BCUT2D eigenvalue weighted by Crippen LogP contribution is -2.21. The van der Waals surface area contributed by atoms with Gasteiger partial charge in [-0.3, -0.25) is 9.67 Å². The van der Waals surface area contributed by atoms with Crippen LogP contribution in [0.2, 0.25) is 0 Å². The molecule has 4 heterocycles. The maximum absolute atomic E-state index is 10.6. The number of aromatic nitrogens is 5. The summed E-state index contributed by atoms with van der Waals surface area (Å²) < 4.78 is 39.3. The van der Waals surface area contributed by atoms with E-state index in [1.807, 2.05) is 42.9 Å². The maximum Gasteiger partial charge on any atom is 0.490 e. The molecule has 8 nitrogen and oxygen atoms in total. The summed E-state index contributed by atoms with van der Waals surface area (Å²) in [4.78, 5) is 21.3. The number of ether oxygens (including phenoxy) is 1. The Balaban J connectivity index is 0.000000364. The molecule has 1 aromatic carbocycles. The van der Waals surface area contributed by atoms with Gasteiger partial charge in [-0.1, -0.05) is 30.3 Å². The van der Waals surface area contributed by atoms with E-state index in [-0.39, 0.29) is 0 Å². The van der Waals surface area contributed by atoms with E-state index < -0.39 is 12.1 Å². The lowest BCUT2D eigenvalue weighted by molar-refractivity contribution is -0.192. The molecule has 5 rings (SSSR count). The van der Waals surface area contributed by atoms with Crippen molar-refractivity contribution in [2.75, 3.05) is 13.2 Å². The van der Waals surface area contributed by atoms with Crippen molar-refractivity contribution < 1.29 is 27.8 Å². The minimum atomic E-state index is -5.08. The van der Waals surface area contributed by atoms with Gasteiger partial charge in [0.15, 0.2) is 5.82 Å². The van der Waals surface area contributed by atoms with Crippen molar-refractivity contribution in [3.63, 3.8) is 0 Å². The smallest absolute Gasteiger partial charge is 0.475 e. The standard InChI is InChI=1S/C22H21N5O.C2HF3O2/c1-2-4-16(5-3-1)21-14-24-22(26-21)20-12-17(6-9-23-20)18-13-25-27(15-18)19-7-10-28-11-8-19;3-2(4,5)1(6)7/h1-6,9,12-15,19H,7-8,10-11H2,(H,24,26);(H,6,7). The van der Waals surface area contributed by atoms with Crippen LogP contribution in [0.25, 0.3) is 33.9 Å². The third-order valence-electron chi connectivity index (χ3n) is 5.41. The molecule has 1 aliphatic heterocycles. The summed E-state index contributed by atoms with van der Waals surface area (Å²) in [6.07, 6.45) is 4.65. The number of hydrogen-bond donors (Lipinski definition) is 2. The number of hydrogen-bond acceptors (Lipinski definition) is 5. The fraction of sp³-hybridized carbons (Fsp3) is 0.250. The largest absolute Gasteiger partial charge is 0.490 e. The van der Waals surface area contributed by atoms with Crippen LogP contribution in [0.3, 0.4) is 0 Å². The highest BCUT2D eigenvalue weighted by atomic mass is 19.4. The molecule has 1 aliphatic rings. The third kappa shape index (κ3) is 6.12. The highest BCUT2D eigenvalue weighted by Gasteiger charge is 2.38. The zero-order chi connectivity index (χ0) is 24.8. The zero-order valence-electron chi connectivity index (χ0n) is 18.4. The Hall–Kier alpha value is -3.99. The van der Waals surface area contributed by atoms with Crippen molar-refractivity contribution in [2.45, 2.75) is 25.1 Å². The van der Waals surface area contributed by atoms with Crippen LogP contribution in [-0.4, -0.2) is 55.2 Å². The first-order chi connectivity index (χ1) is 16.8. The van der Waals surface area contributed by atoms with Crippen LogP contribution < -0.4 is 0 Å². The van der Waals surface area contributed by atoms with Crippen LogP contribution in [0.1, 0.15) is 18.9 Å². The molecule has 0 spiro atoms. The average molecular weight is 485 g/mol. The second-order valence-electron chi connectivity index (χ2n) is 7.80. The van der Waals surface area contributed by atoms with E-state index >= 15 is 0 Å². The van der Waals surface area contributed by atoms with Crippen molar-refractivity contribution in [3.05, 3.63) is 67.3 Å². The van der Waals surface area contributed by atoms with Gasteiger partial charge in [0.2, 0.25) is 0 Å². The first kappa shape index (κ1) is 24.1. The molecule has 4 aromatic rings. The van der Waals surface area contributed by atoms with Gasteiger partial charge in [0.05, 0.1) is 24.1 Å². The molecular formula is C24H22F3N5O3. The molecule has 35 heavy (non-hydrogen) atoms. The van der Waals surface area contributed by atoms with E-state index in [0.717, 1.165) is 60.0 Å². The molecule has 0 aliphatic carbocycles. The van der Waals surface area contributed by atoms with Crippen LogP contribution in [0, 0.1) is 0 Å². The number of carbonyl (C=O) groups is 1. The molecule has 0 radical (unpaired) electrons. The summed E-state index contributed by atoms with van der Waals surface area (Å²) in [6.45, 7) is 1.61. The van der Waals surface area contributed by atoms with Crippen molar-refractivity contribution in [3.8, 4) is 33.9 Å². The number of nitrogens with one attached hydrogen (secondary N) is 1. The molecule has 3 aromatic heterocycles. The number of alkyl halides is 3. The van der Waals surface area contributed by atoms with Gasteiger partial charge in [0, 0.05) is 31.2 Å². The van der Waals surface area contributed by atoms with Gasteiger partial charge < -0.3 is 14.8 Å². The van der Waals surface area contributed by atoms with Gasteiger partial charge in [0.25, 0.3) is 0 Å². The number of aromatic amines is 1. The quantitative estimate of drug-likeness (QED) is 0.422. The molecule has 0 atom stereocenters. The van der Waals surface area contributed by atoms with E-state index in [0.29, 0.717) is 6.04 Å². The predicted molar refractivity (Wildman–Crippen MR) is 121 cm³/mol. The van der Waals surface area contributed by atoms with E-state index in [1.54, 1.807) is 0 Å². The Morgan fingerprint density at radius 1 is 1.03 bits per heavy atom. The summed E-state index contributed by atoms with van der Waals surface area (Å²) in [5, 5.41) is 11.7. The van der Waals surface area contributed by atoms with Crippen LogP contribution in [0.4, 0.5) is 13.2 Å². The normalized spacial score (nSPS) is 14.3. The number of halogens is 3. The monoisotopic (exact) mass is 485 g/mol. The lowest BCUT2D eigenvalue weighted by Gasteiger charge is -2.22. The number of benzene rings is 1. The SMILES string of the molecule is O=C(O)C(F)(F)F.c1ccc(-c2cnc(-c3cc(-c4cnn(C5CCOCC5)c4)ccn3)[nH]2)cc1. The average Bonchev–Trinajstić information content (AvgIpc) is 3.56. The van der Waals surface area contributed by atoms with Gasteiger partial charge in [-0.05, 0) is 36.1 Å². The fourth-order valence-corrected chi connectivity index (χ4v) is 3.59. The molecule has 0 amide bonds. The van der Waals surface area contributed by atoms with E-state index in [1.165, 1.54) is 0 Å². The Kier molecular flexibility index (Phi) is 7.25. The van der Waals surface area contributed by atoms with Crippen molar-refractivity contribution in [1.82, 2.24) is 24.7 Å². The van der Waals surface area contributed by atoms with E-state index in [2.05, 4.69) is 49.1 Å². The number of carboxylic acid groups (broad SMARTS) is 1. The molecule has 1 fully saturated rings. The Morgan fingerprint density at radius 3 is 2.43 bits per heavy atom. The van der Waals surface area contributed by atoms with Gasteiger partial charge >= 0.3 is 12.1 Å². The number of nitrogens with zero attached hydrogens (tertiary/aromatic N) is 4. The van der Waals surface area contributed by atoms with Gasteiger partial charge in [0.1, 0.15) is 5.69 Å². The van der Waals surface area contributed by atoms with Crippen molar-refractivity contribution in [1.29, 1.82) is 0 Å². The van der Waals surface area contributed by atoms with Crippen molar-refractivity contribution >= 4 is 5.97 Å². The van der Waals surface area contributed by atoms with Crippen LogP contribution >= 0.6 is 0 Å². The van der Waals surface area contributed by atoms with Crippen LogP contribution in [0.5, 0.6) is 0 Å². The van der Waals surface area contributed by atoms with E-state index in [9.17, 15) is 13.2 Å². The number of rotatable bonds is 4. The summed E-state index contributed by atoms with van der Waals surface area (Å²) in [6, 6.07) is 14.6. The fourth-order valence-electron chi connectivity index (χ4n) is 3.59. The Labute approximate surface area is 198 Å². The summed E-state index contributed by atoms with van der Waals surface area (Å²) >= 11 is 0. The lowest BCUT2D eigenvalue weighted by atomic mass is 10.1. The second kappa shape index (κ2) is 10.5. The number of pyridine rings is 1. The van der Waals surface area contributed by atoms with Crippen LogP contribution in [0.15, 0.2) is 67.3 Å². The number of aliphatic carboxylic acids is 1. The van der Waals surface area contributed by atoms with Crippen LogP contribution in [-0.2, 0) is 9.53 Å². The van der Waals surface area contributed by atoms with Gasteiger partial charge in [-0.15, -0.1) is 0 Å². The number of imidazole rings is 1. The molecular weight excluding hydrogens is 463 g/mol. The molecule has 182 valence electrons. The number of carboxylic acids is 1. The highest BCUT2D eigenvalue weighted by Crippen LogP contribution is 2.27. The molecule has 11 heteroatoms. The highest BCUT2D eigenvalue weighted by molar-refractivity contribution is 5.73. The summed E-state index contributed by atoms with van der Waals surface area (Å²) in [7, 11) is 0. The van der Waals surface area contributed by atoms with E-state index in [4.69, 9.17) is 14.6 Å². The summed E-state index contributed by atoms with van der Waals surface area (Å²) in [5.41, 5.74) is 5.08. The minimum Gasteiger partial charge on any atom is -0.475 e. The molecule has 0 saturated carbocycles. The Bertz CT molecular complexity index is 1260. The predicted octanol–water partition coefficient (Wildman–Crippen LogP) is 4.99. The molecule has 1 saturated heterocycles. The topological polar surface area (TPSA) is 106 Å². The number of H-pyrrole nitrogens is 1. The Morgan fingerprint density at radius 2 is 1.74 bits per heavy atom. The maximum atomic E-state index is 10.6. The molecule has 0 bridgehead atoms. The summed E-state index contributed by atoms with van der Waals surface area (Å²) in [5.74, 6) is -2.00. The first-order valence-electron chi connectivity index (χ1n) is 10.8. The van der Waals surface area contributed by atoms with Crippen molar-refractivity contribution in [2.24, 2.45) is 0 Å². The third-order valence-corrected chi connectivity index (χ3v) is 5.41. The zero-order valence-corrected chi connectivity index (χ0v) is 18.4. The molecule has 2 N–H and O–H groups in total. The first-order valence-corrected chi connectivity index (χ1v) is 10.8. The van der Waals surface area contributed by atoms with Gasteiger partial charge in [-0.25, -0.2) is 9.78 Å². The minimum absolute atomic E-state index is 0.419. The second-order valence-corrected chi connectivity index (χ2v) is 7.80.